The molecule has 0 aliphatic rings. The highest BCUT2D eigenvalue weighted by atomic mass is 35.5. The summed E-state index contributed by atoms with van der Waals surface area (Å²) >= 11 is 7.37. The minimum absolute atomic E-state index is 0.0306. The molecule has 1 atom stereocenters. The van der Waals surface area contributed by atoms with Crippen LogP contribution in [0, 0.1) is 5.82 Å². The van der Waals surface area contributed by atoms with Gasteiger partial charge in [-0.3, -0.25) is 4.79 Å². The van der Waals surface area contributed by atoms with Crippen LogP contribution in [0.15, 0.2) is 53.9 Å². The second-order valence-electron chi connectivity index (χ2n) is 6.67. The van der Waals surface area contributed by atoms with E-state index in [9.17, 15) is 9.18 Å². The zero-order chi connectivity index (χ0) is 20.8. The molecular formula is C22H22ClFN2O2S. The number of thiazole rings is 1. The van der Waals surface area contributed by atoms with Crippen LogP contribution in [0.5, 0.6) is 5.75 Å². The van der Waals surface area contributed by atoms with E-state index in [0.29, 0.717) is 23.7 Å². The van der Waals surface area contributed by atoms with Crippen LogP contribution >= 0.6 is 22.9 Å². The fourth-order valence-corrected chi connectivity index (χ4v) is 3.57. The molecule has 0 saturated heterocycles. The van der Waals surface area contributed by atoms with Gasteiger partial charge in [0.15, 0.2) is 0 Å². The first kappa shape index (κ1) is 21.3. The van der Waals surface area contributed by atoms with Crippen LogP contribution in [-0.2, 0) is 13.2 Å². The molecule has 1 heterocycles. The average molecular weight is 433 g/mol. The largest absolute Gasteiger partial charge is 0.486 e. The predicted molar refractivity (Wildman–Crippen MR) is 114 cm³/mol. The molecule has 0 spiro atoms. The lowest BCUT2D eigenvalue weighted by Crippen LogP contribution is -2.37. The number of nitrogens with zero attached hydrogens (tertiary/aromatic N) is 2. The smallest absolute Gasteiger partial charge is 0.254 e. The van der Waals surface area contributed by atoms with Gasteiger partial charge in [0.1, 0.15) is 23.2 Å². The van der Waals surface area contributed by atoms with Crippen molar-refractivity contribution in [1.82, 2.24) is 9.88 Å². The van der Waals surface area contributed by atoms with Gasteiger partial charge < -0.3 is 9.64 Å². The number of amides is 1. The minimum atomic E-state index is -0.360. The quantitative estimate of drug-likeness (QED) is 0.441. The summed E-state index contributed by atoms with van der Waals surface area (Å²) in [4.78, 5) is 19.3. The van der Waals surface area contributed by atoms with E-state index in [1.54, 1.807) is 17.0 Å². The lowest BCUT2D eigenvalue weighted by Gasteiger charge is -2.28. The topological polar surface area (TPSA) is 42.4 Å². The monoisotopic (exact) mass is 432 g/mol. The first-order chi connectivity index (χ1) is 14.0. The summed E-state index contributed by atoms with van der Waals surface area (Å²) in [7, 11) is 0. The van der Waals surface area contributed by atoms with E-state index in [-0.39, 0.29) is 17.8 Å². The van der Waals surface area contributed by atoms with E-state index in [1.165, 1.54) is 35.6 Å². The number of hydrogen-bond donors (Lipinski definition) is 0. The standard InChI is InChI=1S/C22H22ClFN2O2S/c1-3-15(2)26(22(27)16-4-8-18(24)9-5-16)12-19-14-29-21(25-19)13-28-20-10-6-17(23)7-11-20/h4-11,14-15H,3,12-13H2,1-2H3/t15-/m0/s1. The highest BCUT2D eigenvalue weighted by Crippen LogP contribution is 2.20. The summed E-state index contributed by atoms with van der Waals surface area (Å²) < 4.78 is 18.9. The fraction of sp³-hybridized carbons (Fsp3) is 0.273. The molecule has 7 heteroatoms. The zero-order valence-corrected chi connectivity index (χ0v) is 17.8. The summed E-state index contributed by atoms with van der Waals surface area (Å²) in [5.41, 5.74) is 1.27. The SMILES string of the molecule is CC[C@H](C)N(Cc1csc(COc2ccc(Cl)cc2)n1)C(=O)c1ccc(F)cc1. The minimum Gasteiger partial charge on any atom is -0.486 e. The van der Waals surface area contributed by atoms with Crippen molar-refractivity contribution in [3.05, 3.63) is 81.0 Å². The molecule has 0 fully saturated rings. The normalized spacial score (nSPS) is 11.9. The molecule has 29 heavy (non-hydrogen) atoms. The van der Waals surface area contributed by atoms with Crippen molar-refractivity contribution in [2.75, 3.05) is 0 Å². The van der Waals surface area contributed by atoms with Crippen LogP contribution < -0.4 is 4.74 Å². The molecule has 0 bridgehead atoms. The Labute approximate surface area is 178 Å². The molecule has 4 nitrogen and oxygen atoms in total. The zero-order valence-electron chi connectivity index (χ0n) is 16.3. The number of ether oxygens (including phenoxy) is 1. The molecule has 0 N–H and O–H groups in total. The Morgan fingerprint density at radius 2 is 1.90 bits per heavy atom. The number of carbonyl (C=O) groups excluding carboxylic acids is 1. The summed E-state index contributed by atoms with van der Waals surface area (Å²) in [6, 6.07) is 12.8. The molecule has 0 saturated carbocycles. The summed E-state index contributed by atoms with van der Waals surface area (Å²) in [6.07, 6.45) is 0.809. The van der Waals surface area contributed by atoms with Crippen LogP contribution in [0.1, 0.15) is 41.3 Å². The molecule has 0 aliphatic heterocycles. The van der Waals surface area contributed by atoms with E-state index >= 15 is 0 Å². The number of halogens is 2. The van der Waals surface area contributed by atoms with Crippen LogP contribution in [-0.4, -0.2) is 21.8 Å². The number of benzene rings is 2. The molecule has 3 rings (SSSR count). The van der Waals surface area contributed by atoms with Gasteiger partial charge in [-0.25, -0.2) is 9.37 Å². The van der Waals surface area contributed by atoms with Crippen LogP contribution in [0.25, 0.3) is 0 Å². The maximum absolute atomic E-state index is 13.2. The van der Waals surface area contributed by atoms with Gasteiger partial charge in [0.2, 0.25) is 0 Å². The predicted octanol–water partition coefficient (Wildman–Crippen LogP) is 5.96. The maximum atomic E-state index is 13.2. The van der Waals surface area contributed by atoms with Gasteiger partial charge in [-0.1, -0.05) is 18.5 Å². The molecule has 1 amide bonds. The van der Waals surface area contributed by atoms with E-state index in [4.69, 9.17) is 16.3 Å². The lowest BCUT2D eigenvalue weighted by atomic mass is 10.1. The fourth-order valence-electron chi connectivity index (χ4n) is 2.74. The second-order valence-corrected chi connectivity index (χ2v) is 8.05. The Morgan fingerprint density at radius 1 is 1.21 bits per heavy atom. The van der Waals surface area contributed by atoms with Crippen molar-refractivity contribution in [3.63, 3.8) is 0 Å². The molecule has 152 valence electrons. The third-order valence-corrected chi connectivity index (χ3v) is 5.71. The summed E-state index contributed by atoms with van der Waals surface area (Å²) in [5, 5.41) is 3.42. The van der Waals surface area contributed by atoms with Crippen molar-refractivity contribution in [1.29, 1.82) is 0 Å². The van der Waals surface area contributed by atoms with Gasteiger partial charge in [0.25, 0.3) is 5.91 Å². The second kappa shape index (κ2) is 9.85. The van der Waals surface area contributed by atoms with Crippen LogP contribution in [0.3, 0.4) is 0 Å². The van der Waals surface area contributed by atoms with E-state index in [2.05, 4.69) is 4.98 Å². The lowest BCUT2D eigenvalue weighted by molar-refractivity contribution is 0.0669. The highest BCUT2D eigenvalue weighted by Gasteiger charge is 2.22. The van der Waals surface area contributed by atoms with Crippen molar-refractivity contribution in [2.45, 2.75) is 39.5 Å². The summed E-state index contributed by atoms with van der Waals surface area (Å²) in [5.74, 6) is 0.228. The average Bonchev–Trinajstić information content (AvgIpc) is 3.18. The van der Waals surface area contributed by atoms with E-state index in [0.717, 1.165) is 22.9 Å². The van der Waals surface area contributed by atoms with Crippen molar-refractivity contribution >= 4 is 28.8 Å². The molecule has 0 radical (unpaired) electrons. The molecule has 0 unspecified atom stereocenters. The Kier molecular flexibility index (Phi) is 7.23. The highest BCUT2D eigenvalue weighted by molar-refractivity contribution is 7.09. The Balaban J connectivity index is 1.67. The molecule has 1 aromatic heterocycles. The van der Waals surface area contributed by atoms with Crippen molar-refractivity contribution in [3.8, 4) is 5.75 Å². The summed E-state index contributed by atoms with van der Waals surface area (Å²) in [6.45, 7) is 4.77. The number of aromatic nitrogens is 1. The third kappa shape index (κ3) is 5.78. The van der Waals surface area contributed by atoms with Gasteiger partial charge in [-0.2, -0.15) is 0 Å². The molecular weight excluding hydrogens is 411 g/mol. The van der Waals surface area contributed by atoms with E-state index in [1.807, 2.05) is 31.4 Å². The Hall–Kier alpha value is -2.44. The Bertz CT molecular complexity index is 944. The first-order valence-corrected chi connectivity index (χ1v) is 10.6. The van der Waals surface area contributed by atoms with Crippen molar-refractivity contribution in [2.24, 2.45) is 0 Å². The van der Waals surface area contributed by atoms with Gasteiger partial charge in [0, 0.05) is 22.0 Å². The van der Waals surface area contributed by atoms with Gasteiger partial charge in [-0.15, -0.1) is 11.3 Å². The molecule has 0 aliphatic carbocycles. The number of carbonyl (C=O) groups is 1. The third-order valence-electron chi connectivity index (χ3n) is 4.58. The van der Waals surface area contributed by atoms with Gasteiger partial charge in [0.05, 0.1) is 12.2 Å². The number of rotatable bonds is 8. The maximum Gasteiger partial charge on any atom is 0.254 e. The van der Waals surface area contributed by atoms with E-state index < -0.39 is 0 Å². The van der Waals surface area contributed by atoms with Crippen LogP contribution in [0.2, 0.25) is 5.02 Å². The first-order valence-electron chi connectivity index (χ1n) is 9.34. The Morgan fingerprint density at radius 3 is 2.55 bits per heavy atom. The van der Waals surface area contributed by atoms with Gasteiger partial charge in [-0.05, 0) is 61.9 Å². The van der Waals surface area contributed by atoms with Crippen molar-refractivity contribution < 1.29 is 13.9 Å². The van der Waals surface area contributed by atoms with Gasteiger partial charge >= 0.3 is 0 Å². The molecule has 2 aromatic carbocycles. The molecule has 3 aromatic rings. The number of hydrogen-bond acceptors (Lipinski definition) is 4. The van der Waals surface area contributed by atoms with Crippen LogP contribution in [0.4, 0.5) is 4.39 Å².